The molecule has 2 aromatic carbocycles. The largest absolute Gasteiger partial charge is 0.305 e. The number of aryl methyl sites for hydroxylation is 2. The highest BCUT2D eigenvalue weighted by molar-refractivity contribution is 5.89. The predicted octanol–water partition coefficient (Wildman–Crippen LogP) is 5.44. The number of nitrogens with one attached hydrogen (secondary N) is 1. The van der Waals surface area contributed by atoms with Gasteiger partial charge in [0.1, 0.15) is 0 Å². The van der Waals surface area contributed by atoms with Crippen LogP contribution in [0.25, 0.3) is 22.3 Å². The molecule has 1 unspecified atom stereocenters. The monoisotopic (exact) mass is 403 g/mol. The highest BCUT2D eigenvalue weighted by Gasteiger charge is 2.30. The number of Topliss-reactive ketones (excluding diaryl/α,β-unsaturated/α-hetero) is 1. The minimum absolute atomic E-state index is 0.193. The Kier molecular flexibility index (Phi) is 6.37. The van der Waals surface area contributed by atoms with Crippen molar-refractivity contribution in [3.63, 3.8) is 0 Å². The molecule has 0 amide bonds. The molecule has 1 atom stereocenters. The van der Waals surface area contributed by atoms with Gasteiger partial charge in [-0.05, 0) is 43.5 Å². The minimum atomic E-state index is -0.373. The molecule has 0 aliphatic heterocycles. The number of fused-ring (bicyclic) bond motifs is 1. The summed E-state index contributed by atoms with van der Waals surface area (Å²) in [5, 5.41) is 3.44. The summed E-state index contributed by atoms with van der Waals surface area (Å²) in [5.74, 6) is 0.242. The lowest BCUT2D eigenvalue weighted by Crippen LogP contribution is -2.47. The van der Waals surface area contributed by atoms with Crippen molar-refractivity contribution >= 4 is 16.8 Å². The van der Waals surface area contributed by atoms with E-state index in [0.717, 1.165) is 33.5 Å². The summed E-state index contributed by atoms with van der Waals surface area (Å²) in [6, 6.07) is 14.6. The molecular formula is C26H33N3O. The third-order valence-corrected chi connectivity index (χ3v) is 5.25. The second kappa shape index (κ2) is 8.65. The zero-order valence-corrected chi connectivity index (χ0v) is 19.2. The van der Waals surface area contributed by atoms with Crippen molar-refractivity contribution in [3.05, 3.63) is 59.3 Å². The van der Waals surface area contributed by atoms with Crippen molar-refractivity contribution in [1.29, 1.82) is 0 Å². The van der Waals surface area contributed by atoms with Crippen molar-refractivity contribution in [3.8, 4) is 11.3 Å². The maximum Gasteiger partial charge on any atom is 0.155 e. The number of aromatic nitrogens is 2. The number of nitrogens with zero attached hydrogens (tertiary/aromatic N) is 2. The van der Waals surface area contributed by atoms with Gasteiger partial charge in [-0.15, -0.1) is 0 Å². The van der Waals surface area contributed by atoms with Gasteiger partial charge in [0.15, 0.2) is 5.78 Å². The number of ketones is 1. The first-order valence-corrected chi connectivity index (χ1v) is 10.7. The quantitative estimate of drug-likeness (QED) is 0.595. The maximum atomic E-state index is 12.9. The Morgan fingerprint density at radius 3 is 2.23 bits per heavy atom. The SMILES string of the molecule is Cc1ccc2nc(C)c(-c3ccc(CC(NC(C)C)C(=O)C(C)(C)C)cc3)nc2c1. The van der Waals surface area contributed by atoms with Crippen LogP contribution in [0.4, 0.5) is 0 Å². The second-order valence-corrected chi connectivity index (χ2v) is 9.54. The molecule has 1 N–H and O–H groups in total. The van der Waals surface area contributed by atoms with E-state index in [1.807, 2.05) is 33.8 Å². The van der Waals surface area contributed by atoms with Gasteiger partial charge in [0.05, 0.1) is 28.5 Å². The van der Waals surface area contributed by atoms with Gasteiger partial charge >= 0.3 is 0 Å². The Morgan fingerprint density at radius 2 is 1.63 bits per heavy atom. The summed E-state index contributed by atoms with van der Waals surface area (Å²) in [6.07, 6.45) is 0.677. The van der Waals surface area contributed by atoms with Crippen LogP contribution in [0.3, 0.4) is 0 Å². The van der Waals surface area contributed by atoms with E-state index in [1.165, 1.54) is 5.56 Å². The van der Waals surface area contributed by atoms with E-state index in [4.69, 9.17) is 9.97 Å². The van der Waals surface area contributed by atoms with Gasteiger partial charge in [0.25, 0.3) is 0 Å². The Hall–Kier alpha value is -2.59. The summed E-state index contributed by atoms with van der Waals surface area (Å²) < 4.78 is 0. The highest BCUT2D eigenvalue weighted by Crippen LogP contribution is 2.25. The van der Waals surface area contributed by atoms with Crippen LogP contribution in [0.15, 0.2) is 42.5 Å². The number of rotatable bonds is 6. The average molecular weight is 404 g/mol. The zero-order chi connectivity index (χ0) is 22.1. The van der Waals surface area contributed by atoms with Crippen LogP contribution >= 0.6 is 0 Å². The standard InChI is InChI=1S/C26H33N3O/c1-16(2)27-23(25(30)26(5,6)7)15-19-9-11-20(12-10-19)24-18(4)28-21-13-8-17(3)14-22(21)29-24/h8-14,16,23,27H,15H2,1-7H3. The van der Waals surface area contributed by atoms with Crippen molar-refractivity contribution in [2.75, 3.05) is 0 Å². The van der Waals surface area contributed by atoms with E-state index in [0.29, 0.717) is 6.42 Å². The fourth-order valence-corrected chi connectivity index (χ4v) is 3.71. The first kappa shape index (κ1) is 22.1. The van der Waals surface area contributed by atoms with Crippen molar-refractivity contribution in [2.45, 2.75) is 67.0 Å². The van der Waals surface area contributed by atoms with Gasteiger partial charge in [0, 0.05) is 17.0 Å². The first-order valence-electron chi connectivity index (χ1n) is 10.7. The summed E-state index contributed by atoms with van der Waals surface area (Å²) in [7, 11) is 0. The second-order valence-electron chi connectivity index (χ2n) is 9.54. The normalized spacial score (nSPS) is 13.1. The van der Waals surface area contributed by atoms with Gasteiger partial charge in [0.2, 0.25) is 0 Å². The topological polar surface area (TPSA) is 54.9 Å². The summed E-state index contributed by atoms with van der Waals surface area (Å²) in [6.45, 7) is 14.2. The van der Waals surface area contributed by atoms with Crippen molar-refractivity contribution in [1.82, 2.24) is 15.3 Å². The van der Waals surface area contributed by atoms with E-state index in [9.17, 15) is 4.79 Å². The molecule has 0 fully saturated rings. The number of hydrogen-bond acceptors (Lipinski definition) is 4. The summed E-state index contributed by atoms with van der Waals surface area (Å²) in [5.41, 5.74) is 6.64. The lowest BCUT2D eigenvalue weighted by Gasteiger charge is -2.27. The van der Waals surface area contributed by atoms with Gasteiger partial charge < -0.3 is 5.32 Å². The molecule has 30 heavy (non-hydrogen) atoms. The Balaban J connectivity index is 1.87. The molecular weight excluding hydrogens is 370 g/mol. The molecule has 0 bridgehead atoms. The molecule has 3 aromatic rings. The molecule has 0 saturated carbocycles. The van der Waals surface area contributed by atoms with Crippen molar-refractivity contribution in [2.24, 2.45) is 5.41 Å². The summed E-state index contributed by atoms with van der Waals surface area (Å²) >= 11 is 0. The molecule has 0 aliphatic carbocycles. The number of hydrogen-bond donors (Lipinski definition) is 1. The molecule has 0 spiro atoms. The lowest BCUT2D eigenvalue weighted by molar-refractivity contribution is -0.128. The zero-order valence-electron chi connectivity index (χ0n) is 19.2. The van der Waals surface area contributed by atoms with E-state index in [2.05, 4.69) is 62.5 Å². The van der Waals surface area contributed by atoms with E-state index in [-0.39, 0.29) is 23.3 Å². The predicted molar refractivity (Wildman–Crippen MR) is 125 cm³/mol. The summed E-state index contributed by atoms with van der Waals surface area (Å²) in [4.78, 5) is 22.5. The Bertz CT molecular complexity index is 1050. The lowest BCUT2D eigenvalue weighted by atomic mass is 9.84. The van der Waals surface area contributed by atoms with Gasteiger partial charge in [-0.25, -0.2) is 9.97 Å². The van der Waals surface area contributed by atoms with Gasteiger partial charge in [-0.2, -0.15) is 0 Å². The minimum Gasteiger partial charge on any atom is -0.305 e. The molecule has 0 radical (unpaired) electrons. The van der Waals surface area contributed by atoms with Crippen LogP contribution in [0.1, 0.15) is 51.4 Å². The van der Waals surface area contributed by atoms with E-state index >= 15 is 0 Å². The average Bonchev–Trinajstić information content (AvgIpc) is 2.66. The first-order chi connectivity index (χ1) is 14.0. The van der Waals surface area contributed by atoms with Gasteiger partial charge in [-0.1, -0.05) is 65.0 Å². The molecule has 4 heteroatoms. The molecule has 158 valence electrons. The third-order valence-electron chi connectivity index (χ3n) is 5.25. The van der Waals surface area contributed by atoms with Crippen molar-refractivity contribution < 1.29 is 4.79 Å². The fraction of sp³-hybridized carbons (Fsp3) is 0.423. The van der Waals surface area contributed by atoms with Crippen LogP contribution in [0, 0.1) is 19.3 Å². The smallest absolute Gasteiger partial charge is 0.155 e. The Labute approximate surface area is 180 Å². The van der Waals surface area contributed by atoms with E-state index in [1.54, 1.807) is 0 Å². The van der Waals surface area contributed by atoms with Crippen LogP contribution in [0.2, 0.25) is 0 Å². The van der Waals surface area contributed by atoms with E-state index < -0.39 is 0 Å². The highest BCUT2D eigenvalue weighted by atomic mass is 16.1. The third kappa shape index (κ3) is 5.11. The number of benzene rings is 2. The molecule has 1 heterocycles. The number of carbonyl (C=O) groups excluding carboxylic acids is 1. The van der Waals surface area contributed by atoms with Crippen LogP contribution in [0.5, 0.6) is 0 Å². The molecule has 3 rings (SSSR count). The van der Waals surface area contributed by atoms with Crippen LogP contribution in [-0.4, -0.2) is 27.8 Å². The molecule has 4 nitrogen and oxygen atoms in total. The Morgan fingerprint density at radius 1 is 0.967 bits per heavy atom. The molecule has 0 saturated heterocycles. The molecule has 1 aromatic heterocycles. The van der Waals surface area contributed by atoms with Crippen LogP contribution in [-0.2, 0) is 11.2 Å². The fourth-order valence-electron chi connectivity index (χ4n) is 3.71. The number of carbonyl (C=O) groups is 1. The van der Waals surface area contributed by atoms with Crippen LogP contribution < -0.4 is 5.32 Å². The maximum absolute atomic E-state index is 12.9. The van der Waals surface area contributed by atoms with Gasteiger partial charge in [-0.3, -0.25) is 4.79 Å². The molecule has 0 aliphatic rings.